The molecule has 5 N–H and O–H groups in total. The molecule has 0 saturated heterocycles. The van der Waals surface area contributed by atoms with E-state index in [2.05, 4.69) is 20.7 Å². The minimum absolute atomic E-state index is 0.120. The maximum atomic E-state index is 12.6. The minimum Gasteiger partial charge on any atom is -0.406 e. The predicted molar refractivity (Wildman–Crippen MR) is 125 cm³/mol. The van der Waals surface area contributed by atoms with Crippen molar-refractivity contribution in [3.05, 3.63) is 59.7 Å². The average Bonchev–Trinajstić information content (AvgIpc) is 2.82. The Morgan fingerprint density at radius 1 is 0.919 bits per heavy atom. The van der Waals surface area contributed by atoms with Crippen LogP contribution in [0.2, 0.25) is 0 Å². The molecule has 10 nitrogen and oxygen atoms in total. The molecular weight excluding hydrogens is 517 g/mol. The third-order valence-corrected chi connectivity index (χ3v) is 6.54. The van der Waals surface area contributed by atoms with Crippen LogP contribution in [0.4, 0.5) is 13.2 Å². The van der Waals surface area contributed by atoms with Crippen LogP contribution in [0.3, 0.4) is 0 Å². The first-order valence-electron chi connectivity index (χ1n) is 11.2. The van der Waals surface area contributed by atoms with Crippen LogP contribution in [0.1, 0.15) is 46.4 Å². The first kappa shape index (κ1) is 27.9. The van der Waals surface area contributed by atoms with Crippen molar-refractivity contribution in [2.75, 3.05) is 6.54 Å². The fourth-order valence-corrected chi connectivity index (χ4v) is 4.39. The quantitative estimate of drug-likeness (QED) is 0.399. The largest absolute Gasteiger partial charge is 0.573 e. The van der Waals surface area contributed by atoms with Crippen molar-refractivity contribution in [1.82, 2.24) is 16.0 Å². The highest BCUT2D eigenvalue weighted by atomic mass is 32.2. The third-order valence-electron chi connectivity index (χ3n) is 5.61. The van der Waals surface area contributed by atoms with Gasteiger partial charge in [0.25, 0.3) is 11.8 Å². The number of nitrogens with one attached hydrogen (secondary N) is 3. The van der Waals surface area contributed by atoms with Crippen LogP contribution < -0.4 is 25.8 Å². The molecule has 200 valence electrons. The Hall–Kier alpha value is -3.65. The van der Waals surface area contributed by atoms with E-state index >= 15 is 0 Å². The Labute approximate surface area is 210 Å². The molecular formula is C23H25F3N4O6S. The number of amides is 3. The van der Waals surface area contributed by atoms with Crippen molar-refractivity contribution in [3.63, 3.8) is 0 Å². The summed E-state index contributed by atoms with van der Waals surface area (Å²) in [6.07, 6.45) is -2.13. The Morgan fingerprint density at radius 2 is 1.54 bits per heavy atom. The first-order chi connectivity index (χ1) is 17.3. The zero-order valence-electron chi connectivity index (χ0n) is 19.4. The second kappa shape index (κ2) is 11.6. The highest BCUT2D eigenvalue weighted by molar-refractivity contribution is 7.89. The molecule has 2 aromatic carbocycles. The van der Waals surface area contributed by atoms with E-state index in [1.54, 1.807) is 0 Å². The number of nitrogens with two attached hydrogens (primary N) is 1. The van der Waals surface area contributed by atoms with Gasteiger partial charge in [0, 0.05) is 23.2 Å². The normalized spacial score (nSPS) is 17.9. The average molecular weight is 543 g/mol. The zero-order chi connectivity index (χ0) is 27.2. The molecule has 0 aromatic heterocycles. The van der Waals surface area contributed by atoms with Gasteiger partial charge in [-0.2, -0.15) is 0 Å². The smallest absolute Gasteiger partial charge is 0.406 e. The molecule has 1 aliphatic rings. The third kappa shape index (κ3) is 8.46. The van der Waals surface area contributed by atoms with Crippen LogP contribution >= 0.6 is 0 Å². The van der Waals surface area contributed by atoms with Crippen LogP contribution in [-0.2, 0) is 14.8 Å². The van der Waals surface area contributed by atoms with E-state index in [0.29, 0.717) is 12.8 Å². The summed E-state index contributed by atoms with van der Waals surface area (Å²) in [7, 11) is -3.89. The Bertz CT molecular complexity index is 1250. The summed E-state index contributed by atoms with van der Waals surface area (Å²) in [4.78, 5) is 37.3. The number of hydrogen-bond donors (Lipinski definition) is 4. The van der Waals surface area contributed by atoms with Crippen molar-refractivity contribution in [2.45, 2.75) is 49.0 Å². The van der Waals surface area contributed by atoms with Crippen LogP contribution in [0.25, 0.3) is 0 Å². The van der Waals surface area contributed by atoms with E-state index in [4.69, 9.17) is 5.14 Å². The molecule has 3 amide bonds. The summed E-state index contributed by atoms with van der Waals surface area (Å²) in [6, 6.07) is 8.71. The van der Waals surface area contributed by atoms with E-state index in [-0.39, 0.29) is 16.0 Å². The van der Waals surface area contributed by atoms with E-state index in [9.17, 15) is 36.0 Å². The molecule has 3 rings (SSSR count). The Balaban J connectivity index is 1.54. The number of rotatable bonds is 8. The zero-order valence-corrected chi connectivity index (χ0v) is 20.2. The molecule has 0 unspecified atom stereocenters. The van der Waals surface area contributed by atoms with Crippen molar-refractivity contribution in [2.24, 2.45) is 5.14 Å². The van der Waals surface area contributed by atoms with Crippen molar-refractivity contribution in [1.29, 1.82) is 0 Å². The monoisotopic (exact) mass is 542 g/mol. The lowest BCUT2D eigenvalue weighted by molar-refractivity contribution is -0.274. The molecule has 14 heteroatoms. The molecule has 0 aliphatic heterocycles. The van der Waals surface area contributed by atoms with Gasteiger partial charge in [-0.1, -0.05) is 18.9 Å². The van der Waals surface area contributed by atoms with Gasteiger partial charge in [0.1, 0.15) is 5.75 Å². The minimum atomic E-state index is -4.91. The number of carbonyl (C=O) groups is 3. The molecule has 0 bridgehead atoms. The molecule has 2 atom stereocenters. The Kier molecular flexibility index (Phi) is 8.76. The Morgan fingerprint density at radius 3 is 2.14 bits per heavy atom. The van der Waals surface area contributed by atoms with E-state index in [0.717, 1.165) is 25.0 Å². The number of carbonyl (C=O) groups excluding carboxylic acids is 3. The summed E-state index contributed by atoms with van der Waals surface area (Å²) in [5, 5.41) is 13.0. The number of halogens is 3. The highest BCUT2D eigenvalue weighted by Gasteiger charge is 2.31. The fraction of sp³-hybridized carbons (Fsp3) is 0.348. The molecule has 1 saturated carbocycles. The predicted octanol–water partition coefficient (Wildman–Crippen LogP) is 1.82. The molecule has 0 radical (unpaired) electrons. The van der Waals surface area contributed by atoms with E-state index in [1.165, 1.54) is 36.4 Å². The van der Waals surface area contributed by atoms with Crippen LogP contribution in [0, 0.1) is 0 Å². The van der Waals surface area contributed by atoms with Crippen LogP contribution in [0.5, 0.6) is 5.75 Å². The number of benzene rings is 2. The number of ether oxygens (including phenoxy) is 1. The lowest BCUT2D eigenvalue weighted by atomic mass is 9.90. The second-order valence-corrected chi connectivity index (χ2v) is 9.93. The summed E-state index contributed by atoms with van der Waals surface area (Å²) in [5.74, 6) is -2.33. The number of alkyl halides is 3. The molecule has 37 heavy (non-hydrogen) atoms. The van der Waals surface area contributed by atoms with Gasteiger partial charge in [0.2, 0.25) is 15.9 Å². The molecule has 0 spiro atoms. The van der Waals surface area contributed by atoms with Gasteiger partial charge < -0.3 is 20.7 Å². The van der Waals surface area contributed by atoms with Gasteiger partial charge >= 0.3 is 6.36 Å². The van der Waals surface area contributed by atoms with Gasteiger partial charge in [0.15, 0.2) is 0 Å². The number of sulfonamides is 1. The molecule has 1 fully saturated rings. The number of primary sulfonamides is 1. The summed E-state index contributed by atoms with van der Waals surface area (Å²) < 4.78 is 63.7. The molecule has 1 aliphatic carbocycles. The lowest BCUT2D eigenvalue weighted by Gasteiger charge is -2.33. The van der Waals surface area contributed by atoms with Gasteiger partial charge in [-0.05, 0) is 55.3 Å². The first-order valence-corrected chi connectivity index (χ1v) is 12.7. The van der Waals surface area contributed by atoms with Gasteiger partial charge in [-0.15, -0.1) is 13.2 Å². The van der Waals surface area contributed by atoms with E-state index < -0.39 is 58.5 Å². The van der Waals surface area contributed by atoms with E-state index in [1.807, 2.05) is 0 Å². The van der Waals surface area contributed by atoms with Crippen molar-refractivity contribution >= 4 is 27.7 Å². The maximum absolute atomic E-state index is 12.6. The van der Waals surface area contributed by atoms with Gasteiger partial charge in [-0.25, -0.2) is 13.6 Å². The van der Waals surface area contributed by atoms with Crippen LogP contribution in [0.15, 0.2) is 53.4 Å². The second-order valence-electron chi connectivity index (χ2n) is 8.37. The van der Waals surface area contributed by atoms with Gasteiger partial charge in [-0.3, -0.25) is 14.4 Å². The SMILES string of the molecule is NS(=O)(=O)c1ccc(C(=O)N[C@H]2CCCC[C@H]2NC(=O)CNC(=O)c2cccc(OC(F)(F)F)c2)cc1. The van der Waals surface area contributed by atoms with Crippen molar-refractivity contribution < 1.29 is 40.7 Å². The lowest BCUT2D eigenvalue weighted by Crippen LogP contribution is -2.54. The van der Waals surface area contributed by atoms with Crippen LogP contribution in [-0.4, -0.2) is 51.1 Å². The maximum Gasteiger partial charge on any atom is 0.573 e. The van der Waals surface area contributed by atoms with Crippen molar-refractivity contribution in [3.8, 4) is 5.75 Å². The fourth-order valence-electron chi connectivity index (χ4n) is 3.88. The molecule has 0 heterocycles. The highest BCUT2D eigenvalue weighted by Crippen LogP contribution is 2.23. The standard InChI is InChI=1S/C23H25F3N4O6S/c24-23(25,26)36-16-5-3-4-15(12-16)21(32)28-13-20(31)29-18-6-1-2-7-19(18)30-22(33)14-8-10-17(11-9-14)37(27,34)35/h3-5,8-12,18-19H,1-2,6-7,13H2,(H,28,32)(H,29,31)(H,30,33)(H2,27,34,35)/t18-,19+/m1/s1. The summed E-state index contributed by atoms with van der Waals surface area (Å²) in [5.41, 5.74) is 0.0952. The molecule has 2 aromatic rings. The topological polar surface area (TPSA) is 157 Å². The van der Waals surface area contributed by atoms with Gasteiger partial charge in [0.05, 0.1) is 11.4 Å². The number of hydrogen-bond acceptors (Lipinski definition) is 6. The summed E-state index contributed by atoms with van der Waals surface area (Å²) >= 11 is 0. The summed E-state index contributed by atoms with van der Waals surface area (Å²) in [6.45, 7) is -0.435.